The molecule has 1 amide bonds. The van der Waals surface area contributed by atoms with Crippen molar-refractivity contribution in [3.8, 4) is 0 Å². The van der Waals surface area contributed by atoms with Crippen LogP contribution in [0.15, 0.2) is 0 Å². The van der Waals surface area contributed by atoms with E-state index >= 15 is 0 Å². The van der Waals surface area contributed by atoms with Crippen LogP contribution in [0.4, 0.5) is 0 Å². The van der Waals surface area contributed by atoms with Gasteiger partial charge in [0.15, 0.2) is 0 Å². The van der Waals surface area contributed by atoms with Crippen LogP contribution in [0.2, 0.25) is 0 Å². The van der Waals surface area contributed by atoms with Crippen LogP contribution in [0.3, 0.4) is 0 Å². The topological polar surface area (TPSA) is 131 Å². The average molecular weight is 859 g/mol. The summed E-state index contributed by atoms with van der Waals surface area (Å²) >= 11 is 0. The number of phosphoric acid groups is 1. The highest BCUT2D eigenvalue weighted by molar-refractivity contribution is 7.47. The second-order valence-corrected chi connectivity index (χ2v) is 19.6. The molecule has 3 atom stereocenters. The molecule has 0 aromatic carbocycles. The van der Waals surface area contributed by atoms with E-state index in [1.807, 2.05) is 0 Å². The van der Waals surface area contributed by atoms with Gasteiger partial charge < -0.3 is 21.1 Å². The van der Waals surface area contributed by atoms with Gasteiger partial charge in [0.05, 0.1) is 25.4 Å². The first-order valence-corrected chi connectivity index (χ1v) is 27.6. The molecule has 0 radical (unpaired) electrons. The van der Waals surface area contributed by atoms with Crippen LogP contribution >= 0.6 is 7.82 Å². The highest BCUT2D eigenvalue weighted by Crippen LogP contribution is 2.43. The number of amides is 1. The van der Waals surface area contributed by atoms with Gasteiger partial charge in [0, 0.05) is 13.0 Å². The number of aliphatic hydroxyl groups excluding tert-OH is 1. The summed E-state index contributed by atoms with van der Waals surface area (Å²) in [5.41, 5.74) is 5.38. The highest BCUT2D eigenvalue weighted by atomic mass is 31.2. The molecule has 0 aromatic rings. The third kappa shape index (κ3) is 45.3. The first kappa shape index (κ1) is 58.5. The molecule has 0 rings (SSSR count). The van der Waals surface area contributed by atoms with Gasteiger partial charge in [-0.3, -0.25) is 13.8 Å². The fourth-order valence-electron chi connectivity index (χ4n) is 8.26. The fourth-order valence-corrected chi connectivity index (χ4v) is 9.02. The molecule has 0 saturated carbocycles. The van der Waals surface area contributed by atoms with Crippen molar-refractivity contribution < 1.29 is 28.4 Å². The Labute approximate surface area is 367 Å². The molecule has 1 unspecified atom stereocenters. The summed E-state index contributed by atoms with van der Waals surface area (Å²) in [6, 6.07) is -0.767. The zero-order chi connectivity index (χ0) is 43.2. The normalized spacial score (nSPS) is 13.8. The number of hydrogen-bond donors (Lipinski definition) is 4. The molecule has 9 heteroatoms. The molecule has 0 heterocycles. The summed E-state index contributed by atoms with van der Waals surface area (Å²) in [5, 5.41) is 13.8. The molecule has 0 aliphatic carbocycles. The van der Waals surface area contributed by atoms with E-state index < -0.39 is 20.0 Å². The number of nitrogens with two attached hydrogens (primary N) is 1. The van der Waals surface area contributed by atoms with Gasteiger partial charge in [-0.25, -0.2) is 4.57 Å². The summed E-state index contributed by atoms with van der Waals surface area (Å²) < 4.78 is 22.2. The van der Waals surface area contributed by atoms with Gasteiger partial charge in [-0.15, -0.1) is 0 Å². The van der Waals surface area contributed by atoms with Gasteiger partial charge in [-0.1, -0.05) is 264 Å². The standard InChI is InChI=1S/C50H103N2O6P/c1-3-5-7-9-11-13-15-16-17-18-19-20-21-22-23-24-25-26-27-28-29-30-31-32-33-34-36-38-40-42-44-50(54)52-48(47-58-59(55,56)57-46-45-51)49(53)43-41-39-37-35-14-12-10-8-6-4-2/h48-49,53H,3-47,51H2,1-2H3,(H,52,54)(H,55,56)/t48-,49+/m0/s1. The van der Waals surface area contributed by atoms with E-state index in [0.717, 1.165) is 38.5 Å². The fraction of sp³-hybridized carbons (Fsp3) is 0.980. The van der Waals surface area contributed by atoms with Crippen molar-refractivity contribution in [2.24, 2.45) is 5.73 Å². The lowest BCUT2D eigenvalue weighted by Crippen LogP contribution is -2.46. The lowest BCUT2D eigenvalue weighted by Gasteiger charge is -2.25. The molecule has 0 spiro atoms. The van der Waals surface area contributed by atoms with Crippen LogP contribution in [0.5, 0.6) is 0 Å². The highest BCUT2D eigenvalue weighted by Gasteiger charge is 2.27. The van der Waals surface area contributed by atoms with Crippen LogP contribution < -0.4 is 11.1 Å². The minimum Gasteiger partial charge on any atom is -0.391 e. The average Bonchev–Trinajstić information content (AvgIpc) is 3.22. The third-order valence-electron chi connectivity index (χ3n) is 12.2. The maximum atomic E-state index is 12.8. The number of hydrogen-bond acceptors (Lipinski definition) is 6. The largest absolute Gasteiger partial charge is 0.472 e. The third-order valence-corrected chi connectivity index (χ3v) is 13.2. The van der Waals surface area contributed by atoms with E-state index in [4.69, 9.17) is 14.8 Å². The predicted molar refractivity (Wildman–Crippen MR) is 254 cm³/mol. The van der Waals surface area contributed by atoms with Crippen LogP contribution in [-0.2, 0) is 18.4 Å². The van der Waals surface area contributed by atoms with Crippen LogP contribution in [0, 0.1) is 0 Å². The summed E-state index contributed by atoms with van der Waals surface area (Å²) in [4.78, 5) is 22.8. The minimum absolute atomic E-state index is 0.0924. The molecular formula is C50H103N2O6P. The summed E-state index contributed by atoms with van der Waals surface area (Å²) in [6.07, 6.45) is 53.0. The minimum atomic E-state index is -4.31. The first-order chi connectivity index (χ1) is 28.9. The number of carbonyl (C=O) groups excluding carboxylic acids is 1. The van der Waals surface area contributed by atoms with Crippen LogP contribution in [0.25, 0.3) is 0 Å². The second-order valence-electron chi connectivity index (χ2n) is 18.1. The Morgan fingerprint density at radius 2 is 0.780 bits per heavy atom. The Balaban J connectivity index is 3.77. The van der Waals surface area contributed by atoms with Gasteiger partial charge in [-0.2, -0.15) is 0 Å². The van der Waals surface area contributed by atoms with E-state index in [0.29, 0.717) is 12.8 Å². The van der Waals surface area contributed by atoms with Gasteiger partial charge in [-0.05, 0) is 12.8 Å². The van der Waals surface area contributed by atoms with Crippen molar-refractivity contribution >= 4 is 13.7 Å². The quantitative estimate of drug-likeness (QED) is 0.0354. The lowest BCUT2D eigenvalue weighted by atomic mass is 10.0. The molecule has 59 heavy (non-hydrogen) atoms. The van der Waals surface area contributed by atoms with Gasteiger partial charge in [0.1, 0.15) is 0 Å². The number of nitrogens with one attached hydrogen (secondary N) is 1. The number of phosphoric ester groups is 1. The van der Waals surface area contributed by atoms with Gasteiger partial charge in [0.2, 0.25) is 5.91 Å². The number of aliphatic hydroxyl groups is 1. The molecule has 0 bridgehead atoms. The molecule has 354 valence electrons. The van der Waals surface area contributed by atoms with Crippen molar-refractivity contribution in [1.29, 1.82) is 0 Å². The van der Waals surface area contributed by atoms with E-state index in [1.165, 1.54) is 218 Å². The summed E-state index contributed by atoms with van der Waals surface area (Å²) in [5.74, 6) is -0.156. The Kier molecular flexibility index (Phi) is 46.6. The van der Waals surface area contributed by atoms with Crippen molar-refractivity contribution in [3.05, 3.63) is 0 Å². The second kappa shape index (κ2) is 47.0. The number of rotatable bonds is 50. The van der Waals surface area contributed by atoms with Crippen LogP contribution in [0.1, 0.15) is 284 Å². The van der Waals surface area contributed by atoms with E-state index in [9.17, 15) is 19.4 Å². The molecule has 0 fully saturated rings. The Hall–Kier alpha value is -0.500. The zero-order valence-electron chi connectivity index (χ0n) is 39.5. The lowest BCUT2D eigenvalue weighted by molar-refractivity contribution is -0.123. The Bertz CT molecular complexity index is 895. The molecule has 0 saturated heterocycles. The Morgan fingerprint density at radius 3 is 1.08 bits per heavy atom. The van der Waals surface area contributed by atoms with Crippen molar-refractivity contribution in [3.63, 3.8) is 0 Å². The number of unbranched alkanes of at least 4 members (excludes halogenated alkanes) is 38. The first-order valence-electron chi connectivity index (χ1n) is 26.2. The number of carbonyl (C=O) groups is 1. The molecule has 8 nitrogen and oxygen atoms in total. The molecule has 5 N–H and O–H groups in total. The van der Waals surface area contributed by atoms with E-state index in [2.05, 4.69) is 19.2 Å². The van der Waals surface area contributed by atoms with Crippen LogP contribution in [-0.4, -0.2) is 47.8 Å². The van der Waals surface area contributed by atoms with Gasteiger partial charge in [0.25, 0.3) is 0 Å². The van der Waals surface area contributed by atoms with Crippen molar-refractivity contribution in [2.75, 3.05) is 19.8 Å². The SMILES string of the molecule is CCCCCCCCCCCCCCCCCCCCCCCCCCCCCCCCC(=O)N[C@@H](COP(=O)(O)OCCN)[C@H](O)CCCCCCCCCCCC. The molecule has 0 aromatic heterocycles. The maximum Gasteiger partial charge on any atom is 0.472 e. The summed E-state index contributed by atoms with van der Waals surface area (Å²) in [7, 11) is -4.31. The smallest absolute Gasteiger partial charge is 0.391 e. The monoisotopic (exact) mass is 859 g/mol. The Morgan fingerprint density at radius 1 is 0.492 bits per heavy atom. The van der Waals surface area contributed by atoms with Gasteiger partial charge >= 0.3 is 7.82 Å². The molecular weight excluding hydrogens is 756 g/mol. The summed E-state index contributed by atoms with van der Waals surface area (Å²) in [6.45, 7) is 4.23. The predicted octanol–water partition coefficient (Wildman–Crippen LogP) is 15.3. The maximum absolute atomic E-state index is 12.8. The zero-order valence-corrected chi connectivity index (χ0v) is 40.4. The van der Waals surface area contributed by atoms with Crippen molar-refractivity contribution in [2.45, 2.75) is 296 Å². The van der Waals surface area contributed by atoms with Crippen molar-refractivity contribution in [1.82, 2.24) is 5.32 Å². The van der Waals surface area contributed by atoms with E-state index in [-0.39, 0.29) is 25.7 Å². The van der Waals surface area contributed by atoms with E-state index in [1.54, 1.807) is 0 Å². The molecule has 0 aliphatic rings. The molecule has 0 aliphatic heterocycles.